The smallest absolute Gasteiger partial charge is 0.282 e. The van der Waals surface area contributed by atoms with Crippen LogP contribution in [0.15, 0.2) is 107 Å². The zero-order valence-corrected chi connectivity index (χ0v) is 22.8. The molecule has 0 amide bonds. The molecule has 3 nitrogen and oxygen atoms in total. The fourth-order valence-corrected chi connectivity index (χ4v) is 5.21. The molecule has 0 spiro atoms. The van der Waals surface area contributed by atoms with Crippen molar-refractivity contribution in [2.75, 3.05) is 0 Å². The Bertz CT molecular complexity index is 1370. The second kappa shape index (κ2) is 10.8. The molecule has 0 aliphatic rings. The van der Waals surface area contributed by atoms with Crippen LogP contribution in [0.5, 0.6) is 0 Å². The van der Waals surface area contributed by atoms with Crippen LogP contribution in [0.2, 0.25) is 0 Å². The van der Waals surface area contributed by atoms with Crippen LogP contribution in [-0.4, -0.2) is 13.0 Å². The Morgan fingerprint density at radius 2 is 1.06 bits per heavy atom. The summed E-state index contributed by atoms with van der Waals surface area (Å²) in [6.45, 7) is 12.3. The molecule has 36 heavy (non-hydrogen) atoms. The average Bonchev–Trinajstić information content (AvgIpc) is 2.80. The van der Waals surface area contributed by atoms with Gasteiger partial charge in [-0.05, 0) is 50.3 Å². The van der Waals surface area contributed by atoms with Crippen LogP contribution >= 0.6 is 0 Å². The summed E-state index contributed by atoms with van der Waals surface area (Å²) < 4.78 is 36.6. The highest BCUT2D eigenvalue weighted by Crippen LogP contribution is 2.47. The van der Waals surface area contributed by atoms with Gasteiger partial charge in [-0.15, -0.1) is 0 Å². The molecule has 0 fully saturated rings. The quantitative estimate of drug-likeness (QED) is 0.272. The number of benzene rings is 3. The van der Waals surface area contributed by atoms with Gasteiger partial charge in [-0.1, -0.05) is 139 Å². The van der Waals surface area contributed by atoms with Crippen molar-refractivity contribution in [1.29, 1.82) is 0 Å². The molecule has 0 atom stereocenters. The normalized spacial score (nSPS) is 14.4. The van der Waals surface area contributed by atoms with E-state index in [0.29, 0.717) is 11.1 Å². The van der Waals surface area contributed by atoms with E-state index >= 15 is 0 Å². The summed E-state index contributed by atoms with van der Waals surface area (Å²) in [5, 5.41) is 0. The van der Waals surface area contributed by atoms with E-state index in [1.807, 2.05) is 112 Å². The number of hydrogen-bond acceptors (Lipinski definition) is 2. The van der Waals surface area contributed by atoms with Crippen molar-refractivity contribution in [2.45, 2.75) is 41.5 Å². The SMILES string of the molecule is CC(C)(C)C(=Cc1ccccc1)C(=C(C(=Cc1ccccc1)S(=O)(=O)O)C(C)(C)C)c1ccccc1. The number of hydrogen-bond donors (Lipinski definition) is 1. The van der Waals surface area contributed by atoms with Gasteiger partial charge in [0, 0.05) is 0 Å². The third-order valence-electron chi connectivity index (χ3n) is 5.87. The Hall–Kier alpha value is -3.21. The topological polar surface area (TPSA) is 54.4 Å². The zero-order chi connectivity index (χ0) is 26.6. The van der Waals surface area contributed by atoms with Gasteiger partial charge in [0.15, 0.2) is 0 Å². The van der Waals surface area contributed by atoms with Gasteiger partial charge >= 0.3 is 0 Å². The van der Waals surface area contributed by atoms with E-state index in [2.05, 4.69) is 26.8 Å². The maximum absolute atomic E-state index is 13.0. The van der Waals surface area contributed by atoms with E-state index in [4.69, 9.17) is 0 Å². The van der Waals surface area contributed by atoms with Gasteiger partial charge in [0.05, 0.1) is 4.91 Å². The first-order valence-corrected chi connectivity index (χ1v) is 13.5. The van der Waals surface area contributed by atoms with Crippen LogP contribution in [0.25, 0.3) is 17.7 Å². The average molecular weight is 501 g/mol. The van der Waals surface area contributed by atoms with Crippen LogP contribution in [0, 0.1) is 10.8 Å². The monoisotopic (exact) mass is 500 g/mol. The first-order chi connectivity index (χ1) is 16.8. The van der Waals surface area contributed by atoms with Gasteiger partial charge in [0.2, 0.25) is 0 Å². The molecule has 0 unspecified atom stereocenters. The Kier molecular flexibility index (Phi) is 8.22. The summed E-state index contributed by atoms with van der Waals surface area (Å²) in [6, 6.07) is 29.1. The molecule has 0 bridgehead atoms. The molecular weight excluding hydrogens is 464 g/mol. The second-order valence-corrected chi connectivity index (χ2v) is 12.4. The molecule has 0 saturated heterocycles. The van der Waals surface area contributed by atoms with E-state index in [9.17, 15) is 13.0 Å². The summed E-state index contributed by atoms with van der Waals surface area (Å²) in [7, 11) is -4.57. The fraction of sp³-hybridized carbons (Fsp3) is 0.250. The van der Waals surface area contributed by atoms with E-state index in [1.54, 1.807) is 6.08 Å². The van der Waals surface area contributed by atoms with Gasteiger partial charge in [-0.2, -0.15) is 8.42 Å². The fourth-order valence-electron chi connectivity index (χ4n) is 4.26. The van der Waals surface area contributed by atoms with Gasteiger partial charge in [-0.3, -0.25) is 4.55 Å². The van der Waals surface area contributed by atoms with Gasteiger partial charge in [0.1, 0.15) is 0 Å². The summed E-state index contributed by atoms with van der Waals surface area (Å²) in [4.78, 5) is -0.0942. The lowest BCUT2D eigenvalue weighted by molar-refractivity contribution is 0.478. The molecule has 3 aromatic rings. The van der Waals surface area contributed by atoms with Crippen LogP contribution in [0.4, 0.5) is 0 Å². The highest BCUT2D eigenvalue weighted by Gasteiger charge is 2.35. The largest absolute Gasteiger partial charge is 0.294 e. The van der Waals surface area contributed by atoms with Crippen LogP contribution < -0.4 is 0 Å². The Morgan fingerprint density at radius 3 is 1.44 bits per heavy atom. The maximum Gasteiger partial charge on any atom is 0.294 e. The van der Waals surface area contributed by atoms with E-state index in [0.717, 1.165) is 22.3 Å². The Morgan fingerprint density at radius 1 is 0.639 bits per heavy atom. The van der Waals surface area contributed by atoms with E-state index in [-0.39, 0.29) is 10.3 Å². The third-order valence-corrected chi connectivity index (χ3v) is 6.75. The second-order valence-electron chi connectivity index (χ2n) is 11.0. The molecule has 1 N–H and O–H groups in total. The van der Waals surface area contributed by atoms with Gasteiger partial charge < -0.3 is 0 Å². The van der Waals surface area contributed by atoms with Crippen LogP contribution in [-0.2, 0) is 10.1 Å². The summed E-state index contributed by atoms with van der Waals surface area (Å²) in [5.74, 6) is 0. The van der Waals surface area contributed by atoms with Crippen molar-refractivity contribution in [3.63, 3.8) is 0 Å². The third kappa shape index (κ3) is 6.93. The Balaban J connectivity index is 2.57. The zero-order valence-electron chi connectivity index (χ0n) is 22.0. The van der Waals surface area contributed by atoms with Crippen molar-refractivity contribution < 1.29 is 13.0 Å². The Labute approximate surface area is 216 Å². The highest BCUT2D eigenvalue weighted by atomic mass is 32.2. The molecule has 0 aliphatic heterocycles. The minimum atomic E-state index is -4.57. The van der Waals surface area contributed by atoms with Crippen molar-refractivity contribution in [1.82, 2.24) is 0 Å². The molecule has 0 heterocycles. The maximum atomic E-state index is 13.0. The molecule has 0 saturated carbocycles. The predicted molar refractivity (Wildman–Crippen MR) is 153 cm³/mol. The lowest BCUT2D eigenvalue weighted by Gasteiger charge is -2.34. The summed E-state index contributed by atoms with van der Waals surface area (Å²) >= 11 is 0. The molecule has 3 rings (SSSR count). The lowest BCUT2D eigenvalue weighted by atomic mass is 9.72. The molecular formula is C32H36O3S. The highest BCUT2D eigenvalue weighted by molar-refractivity contribution is 7.90. The molecule has 3 aromatic carbocycles. The molecule has 0 aromatic heterocycles. The summed E-state index contributed by atoms with van der Waals surface area (Å²) in [6.07, 6.45) is 3.69. The van der Waals surface area contributed by atoms with Crippen molar-refractivity contribution in [2.24, 2.45) is 10.8 Å². The van der Waals surface area contributed by atoms with Crippen molar-refractivity contribution >= 4 is 27.8 Å². The summed E-state index contributed by atoms with van der Waals surface area (Å²) in [5.41, 5.74) is 4.00. The lowest BCUT2D eigenvalue weighted by Crippen LogP contribution is -2.22. The number of rotatable bonds is 6. The van der Waals surface area contributed by atoms with E-state index in [1.165, 1.54) is 0 Å². The molecule has 0 aliphatic carbocycles. The van der Waals surface area contributed by atoms with Crippen LogP contribution in [0.3, 0.4) is 0 Å². The van der Waals surface area contributed by atoms with E-state index < -0.39 is 15.5 Å². The molecule has 4 heteroatoms. The van der Waals surface area contributed by atoms with Gasteiger partial charge in [0.25, 0.3) is 10.1 Å². The van der Waals surface area contributed by atoms with Crippen molar-refractivity contribution in [3.8, 4) is 0 Å². The minimum absolute atomic E-state index is 0.0942. The van der Waals surface area contributed by atoms with Crippen LogP contribution in [0.1, 0.15) is 58.2 Å². The van der Waals surface area contributed by atoms with Crippen molar-refractivity contribution in [3.05, 3.63) is 124 Å². The van der Waals surface area contributed by atoms with Gasteiger partial charge in [-0.25, -0.2) is 0 Å². The number of allylic oxidation sites excluding steroid dienone is 3. The first kappa shape index (κ1) is 27.4. The predicted octanol–water partition coefficient (Wildman–Crippen LogP) is 8.54. The first-order valence-electron chi connectivity index (χ1n) is 12.1. The standard InChI is InChI=1S/C32H36O3S/c1-31(2,3)27(22-24-16-10-7-11-17-24)29(26-20-14-9-15-21-26)30(32(4,5)6)28(36(33,34)35)23-25-18-12-8-13-19-25/h7-23H,1-6H3,(H,33,34,35). The minimum Gasteiger partial charge on any atom is -0.282 e. The molecule has 0 radical (unpaired) electrons. The molecule has 188 valence electrons.